The summed E-state index contributed by atoms with van der Waals surface area (Å²) in [5, 5.41) is 7.22. The van der Waals surface area contributed by atoms with E-state index in [1.165, 1.54) is 23.5 Å². The van der Waals surface area contributed by atoms with Crippen molar-refractivity contribution in [3.05, 3.63) is 24.4 Å². The van der Waals surface area contributed by atoms with Crippen molar-refractivity contribution in [2.24, 2.45) is 0 Å². The van der Waals surface area contributed by atoms with Crippen LogP contribution in [-0.2, 0) is 22.7 Å². The Morgan fingerprint density at radius 3 is 3.12 bits per heavy atom. The number of ether oxygens (including phenoxy) is 1. The van der Waals surface area contributed by atoms with Crippen LogP contribution in [0, 0.1) is 0 Å². The van der Waals surface area contributed by atoms with Gasteiger partial charge in [0.2, 0.25) is 5.95 Å². The average molecular weight is 223 g/mol. The average Bonchev–Trinajstić information content (AvgIpc) is 2.87. The lowest BCUT2D eigenvalue weighted by molar-refractivity contribution is -0.145. The first kappa shape index (κ1) is 10.1. The number of nitrogen functional groups attached to an aromatic ring is 1. The van der Waals surface area contributed by atoms with Crippen LogP contribution in [0.2, 0.25) is 0 Å². The van der Waals surface area contributed by atoms with E-state index in [1.54, 1.807) is 0 Å². The molecule has 0 aromatic carbocycles. The second-order valence-electron chi connectivity index (χ2n) is 2.99. The van der Waals surface area contributed by atoms with Crippen LogP contribution in [0.15, 0.2) is 23.3 Å². The number of hydrogen-bond acceptors (Lipinski definition) is 7. The summed E-state index contributed by atoms with van der Waals surface area (Å²) in [6.07, 6.45) is 4.23. The largest absolute Gasteiger partial charge is 0.459 e. The van der Waals surface area contributed by atoms with Gasteiger partial charge in [-0.2, -0.15) is 0 Å². The zero-order valence-corrected chi connectivity index (χ0v) is 8.24. The van der Waals surface area contributed by atoms with Gasteiger partial charge in [0.05, 0.1) is 6.20 Å². The first-order chi connectivity index (χ1) is 7.74. The number of hydrogen-bond donors (Lipinski definition) is 1. The fraction of sp³-hybridized carbons (Fsp3) is 0.250. The molecule has 2 N–H and O–H groups in total. The van der Waals surface area contributed by atoms with Crippen LogP contribution < -0.4 is 5.73 Å². The lowest BCUT2D eigenvalue weighted by atomic mass is 10.4. The van der Waals surface area contributed by atoms with E-state index >= 15 is 0 Å². The van der Waals surface area contributed by atoms with E-state index in [0.29, 0.717) is 5.56 Å². The van der Waals surface area contributed by atoms with Gasteiger partial charge in [-0.05, 0) is 0 Å². The maximum Gasteiger partial charge on any atom is 0.328 e. The number of nitrogens with two attached hydrogens (primary N) is 1. The number of carbonyl (C=O) groups excluding carboxylic acids is 1. The van der Waals surface area contributed by atoms with E-state index in [0.717, 1.165) is 0 Å². The van der Waals surface area contributed by atoms with Gasteiger partial charge in [0, 0.05) is 5.56 Å². The Kier molecular flexibility index (Phi) is 2.81. The van der Waals surface area contributed by atoms with E-state index < -0.39 is 5.97 Å². The molecule has 0 fully saturated rings. The second-order valence-corrected chi connectivity index (χ2v) is 2.99. The number of rotatable bonds is 4. The topological polar surface area (TPSA) is 109 Å². The molecule has 8 heteroatoms. The third-order valence-corrected chi connectivity index (χ3v) is 1.73. The maximum atomic E-state index is 11.3. The number of esters is 1. The predicted molar refractivity (Wildman–Crippen MR) is 50.7 cm³/mol. The summed E-state index contributed by atoms with van der Waals surface area (Å²) in [4.78, 5) is 15.0. The molecule has 2 aromatic rings. The highest BCUT2D eigenvalue weighted by Gasteiger charge is 2.07. The second kappa shape index (κ2) is 4.43. The Balaban J connectivity index is 1.81. The van der Waals surface area contributed by atoms with Crippen LogP contribution in [0.1, 0.15) is 5.56 Å². The highest BCUT2D eigenvalue weighted by molar-refractivity contribution is 5.69. The van der Waals surface area contributed by atoms with Gasteiger partial charge < -0.3 is 15.0 Å². The highest BCUT2D eigenvalue weighted by atomic mass is 16.5. The van der Waals surface area contributed by atoms with Crippen molar-refractivity contribution in [2.75, 3.05) is 5.73 Å². The van der Waals surface area contributed by atoms with E-state index in [1.807, 2.05) is 0 Å². The van der Waals surface area contributed by atoms with Gasteiger partial charge in [0.1, 0.15) is 25.7 Å². The van der Waals surface area contributed by atoms with Crippen molar-refractivity contribution < 1.29 is 14.1 Å². The Hall–Kier alpha value is -2.38. The van der Waals surface area contributed by atoms with Gasteiger partial charge in [0.15, 0.2) is 0 Å². The minimum Gasteiger partial charge on any atom is -0.459 e. The third kappa shape index (κ3) is 2.56. The number of aromatic nitrogens is 4. The summed E-state index contributed by atoms with van der Waals surface area (Å²) in [6.45, 7) is 0.0853. The molecule has 0 aliphatic rings. The van der Waals surface area contributed by atoms with Crippen LogP contribution in [-0.4, -0.2) is 25.9 Å². The molecule has 0 spiro atoms. The number of carbonyl (C=O) groups is 1. The third-order valence-electron chi connectivity index (χ3n) is 1.73. The minimum atomic E-state index is -0.439. The minimum absolute atomic E-state index is 0.0323. The van der Waals surface area contributed by atoms with Crippen LogP contribution >= 0.6 is 0 Å². The van der Waals surface area contributed by atoms with Crippen molar-refractivity contribution in [3.63, 3.8) is 0 Å². The van der Waals surface area contributed by atoms with Gasteiger partial charge in [-0.3, -0.25) is 4.79 Å². The highest BCUT2D eigenvalue weighted by Crippen LogP contribution is 2.00. The molecule has 16 heavy (non-hydrogen) atoms. The first-order valence-electron chi connectivity index (χ1n) is 4.43. The Morgan fingerprint density at radius 2 is 2.50 bits per heavy atom. The summed E-state index contributed by atoms with van der Waals surface area (Å²) >= 11 is 0. The number of nitrogens with zero attached hydrogens (tertiary/aromatic N) is 4. The quantitative estimate of drug-likeness (QED) is 0.701. The van der Waals surface area contributed by atoms with E-state index in [-0.39, 0.29) is 19.1 Å². The molecule has 0 atom stereocenters. The van der Waals surface area contributed by atoms with E-state index in [2.05, 4.69) is 19.8 Å². The summed E-state index contributed by atoms with van der Waals surface area (Å²) in [7, 11) is 0. The fourth-order valence-electron chi connectivity index (χ4n) is 1.02. The molecular weight excluding hydrogens is 214 g/mol. The number of anilines is 1. The SMILES string of the molecule is Nc1ncn(CC(=O)OCc2cnoc2)n1. The van der Waals surface area contributed by atoms with Crippen molar-refractivity contribution in [1.29, 1.82) is 0 Å². The summed E-state index contributed by atoms with van der Waals surface area (Å²) in [5.41, 5.74) is 5.98. The van der Waals surface area contributed by atoms with Gasteiger partial charge in [-0.15, -0.1) is 5.10 Å². The van der Waals surface area contributed by atoms with Gasteiger partial charge in [0.25, 0.3) is 0 Å². The molecule has 0 amide bonds. The molecule has 0 bridgehead atoms. The standard InChI is InChI=1S/C8H9N5O3/c9-8-10-5-13(12-8)2-7(14)15-3-6-1-11-16-4-6/h1,4-5H,2-3H2,(H2,9,12). The molecule has 2 aromatic heterocycles. The van der Waals surface area contributed by atoms with E-state index in [9.17, 15) is 4.79 Å². The van der Waals surface area contributed by atoms with Crippen LogP contribution in [0.3, 0.4) is 0 Å². The molecule has 0 aliphatic heterocycles. The van der Waals surface area contributed by atoms with Gasteiger partial charge in [-0.25, -0.2) is 9.67 Å². The predicted octanol–water partition coefficient (Wildman–Crippen LogP) is -0.408. The molecular formula is C8H9N5O3. The van der Waals surface area contributed by atoms with Crippen molar-refractivity contribution in [1.82, 2.24) is 19.9 Å². The molecule has 0 saturated carbocycles. The fourth-order valence-corrected chi connectivity index (χ4v) is 1.02. The van der Waals surface area contributed by atoms with Crippen LogP contribution in [0.4, 0.5) is 5.95 Å². The van der Waals surface area contributed by atoms with Crippen molar-refractivity contribution in [3.8, 4) is 0 Å². The molecule has 0 saturated heterocycles. The molecule has 84 valence electrons. The molecule has 0 unspecified atom stereocenters. The maximum absolute atomic E-state index is 11.3. The lowest BCUT2D eigenvalue weighted by Gasteiger charge is -2.01. The Morgan fingerprint density at radius 1 is 1.62 bits per heavy atom. The lowest BCUT2D eigenvalue weighted by Crippen LogP contribution is -2.14. The Bertz CT molecular complexity index is 464. The first-order valence-corrected chi connectivity index (χ1v) is 4.43. The zero-order chi connectivity index (χ0) is 11.4. The smallest absolute Gasteiger partial charge is 0.328 e. The molecule has 2 heterocycles. The summed E-state index contributed by atoms with van der Waals surface area (Å²) in [6, 6.07) is 0. The normalized spacial score (nSPS) is 10.2. The molecule has 0 radical (unpaired) electrons. The van der Waals surface area contributed by atoms with Crippen LogP contribution in [0.25, 0.3) is 0 Å². The summed E-state index contributed by atoms with van der Waals surface area (Å²) in [5.74, 6) is -0.321. The summed E-state index contributed by atoms with van der Waals surface area (Å²) < 4.78 is 10.8. The van der Waals surface area contributed by atoms with Gasteiger partial charge >= 0.3 is 5.97 Å². The van der Waals surface area contributed by atoms with Crippen molar-refractivity contribution >= 4 is 11.9 Å². The monoisotopic (exact) mass is 223 g/mol. The molecule has 8 nitrogen and oxygen atoms in total. The molecule has 0 aliphatic carbocycles. The Labute approximate surface area is 90.0 Å². The van der Waals surface area contributed by atoms with E-state index in [4.69, 9.17) is 10.5 Å². The van der Waals surface area contributed by atoms with Crippen molar-refractivity contribution in [2.45, 2.75) is 13.2 Å². The van der Waals surface area contributed by atoms with Crippen LogP contribution in [0.5, 0.6) is 0 Å². The van der Waals surface area contributed by atoms with Gasteiger partial charge in [-0.1, -0.05) is 5.16 Å². The zero-order valence-electron chi connectivity index (χ0n) is 8.24. The molecule has 2 rings (SSSR count).